The van der Waals surface area contributed by atoms with Crippen LogP contribution in [0.5, 0.6) is 0 Å². The van der Waals surface area contributed by atoms with Crippen molar-refractivity contribution < 1.29 is 8.78 Å². The molecular formula is C14H7BrClF2N3. The molecule has 0 saturated carbocycles. The summed E-state index contributed by atoms with van der Waals surface area (Å²) in [7, 11) is 0. The van der Waals surface area contributed by atoms with Crippen LogP contribution in [0.15, 0.2) is 46.9 Å². The van der Waals surface area contributed by atoms with E-state index in [-0.39, 0.29) is 15.4 Å². The molecule has 0 saturated heterocycles. The first-order valence-corrected chi connectivity index (χ1v) is 7.06. The maximum Gasteiger partial charge on any atom is 0.230 e. The predicted octanol–water partition coefficient (Wildman–Crippen LogP) is 4.63. The highest BCUT2D eigenvalue weighted by atomic mass is 79.9. The van der Waals surface area contributed by atoms with E-state index in [9.17, 15) is 8.78 Å². The van der Waals surface area contributed by atoms with E-state index >= 15 is 0 Å². The minimum atomic E-state index is -0.755. The molecule has 0 fully saturated rings. The molecule has 21 heavy (non-hydrogen) atoms. The van der Waals surface area contributed by atoms with E-state index in [1.807, 2.05) is 18.2 Å². The lowest BCUT2D eigenvalue weighted by Gasteiger charge is -2.10. The highest BCUT2D eigenvalue weighted by molar-refractivity contribution is 9.10. The first kappa shape index (κ1) is 14.2. The Kier molecular flexibility index (Phi) is 3.73. The SMILES string of the molecule is Fc1cc(F)c(-n2c(Cl)nnc2-c2ccccc2)cc1Br. The van der Waals surface area contributed by atoms with Crippen molar-refractivity contribution >= 4 is 27.5 Å². The normalized spacial score (nSPS) is 10.9. The molecule has 7 heteroatoms. The van der Waals surface area contributed by atoms with Gasteiger partial charge in [-0.1, -0.05) is 30.3 Å². The molecule has 0 N–H and O–H groups in total. The topological polar surface area (TPSA) is 30.7 Å². The molecular weight excluding hydrogens is 364 g/mol. The Hall–Kier alpha value is -1.79. The van der Waals surface area contributed by atoms with Crippen molar-refractivity contribution in [3.8, 4) is 17.1 Å². The molecule has 0 radical (unpaired) electrons. The van der Waals surface area contributed by atoms with Gasteiger partial charge in [0.2, 0.25) is 5.28 Å². The number of nitrogens with zero attached hydrogens (tertiary/aromatic N) is 3. The van der Waals surface area contributed by atoms with Gasteiger partial charge >= 0.3 is 0 Å². The smallest absolute Gasteiger partial charge is 0.230 e. The van der Waals surface area contributed by atoms with Gasteiger partial charge in [-0.3, -0.25) is 4.57 Å². The molecule has 0 atom stereocenters. The summed E-state index contributed by atoms with van der Waals surface area (Å²) in [6.07, 6.45) is 0. The van der Waals surface area contributed by atoms with E-state index in [2.05, 4.69) is 26.1 Å². The van der Waals surface area contributed by atoms with Crippen LogP contribution in [-0.4, -0.2) is 14.8 Å². The molecule has 0 bridgehead atoms. The fourth-order valence-electron chi connectivity index (χ4n) is 1.94. The number of benzene rings is 2. The van der Waals surface area contributed by atoms with Gasteiger partial charge in [-0.15, -0.1) is 10.2 Å². The summed E-state index contributed by atoms with van der Waals surface area (Å²) in [5.74, 6) is -1.07. The molecule has 0 amide bonds. The highest BCUT2D eigenvalue weighted by Gasteiger charge is 2.18. The van der Waals surface area contributed by atoms with Crippen LogP contribution in [0, 0.1) is 11.6 Å². The zero-order chi connectivity index (χ0) is 15.0. The van der Waals surface area contributed by atoms with Gasteiger partial charge in [0, 0.05) is 11.6 Å². The van der Waals surface area contributed by atoms with E-state index in [0.717, 1.165) is 11.6 Å². The predicted molar refractivity (Wildman–Crippen MR) is 79.4 cm³/mol. The molecule has 2 aromatic carbocycles. The van der Waals surface area contributed by atoms with E-state index in [1.165, 1.54) is 10.6 Å². The number of hydrogen-bond donors (Lipinski definition) is 0. The monoisotopic (exact) mass is 369 g/mol. The molecule has 106 valence electrons. The van der Waals surface area contributed by atoms with Crippen molar-refractivity contribution in [3.63, 3.8) is 0 Å². The van der Waals surface area contributed by atoms with Crippen LogP contribution in [0.1, 0.15) is 0 Å². The maximum atomic E-state index is 14.1. The number of halogens is 4. The first-order chi connectivity index (χ1) is 10.1. The lowest BCUT2D eigenvalue weighted by Crippen LogP contribution is -2.02. The second-order valence-corrected chi connectivity index (χ2v) is 5.40. The third kappa shape index (κ3) is 2.56. The molecule has 0 unspecified atom stereocenters. The largest absolute Gasteiger partial charge is 0.263 e. The van der Waals surface area contributed by atoms with Crippen molar-refractivity contribution in [2.45, 2.75) is 0 Å². The van der Waals surface area contributed by atoms with Crippen molar-refractivity contribution in [3.05, 3.63) is 63.9 Å². The van der Waals surface area contributed by atoms with E-state index in [4.69, 9.17) is 11.6 Å². The van der Waals surface area contributed by atoms with Gasteiger partial charge < -0.3 is 0 Å². The molecule has 3 aromatic rings. The number of rotatable bonds is 2. The van der Waals surface area contributed by atoms with E-state index < -0.39 is 11.6 Å². The highest BCUT2D eigenvalue weighted by Crippen LogP contribution is 2.29. The second-order valence-electron chi connectivity index (χ2n) is 4.21. The molecule has 3 nitrogen and oxygen atoms in total. The molecule has 0 spiro atoms. The lowest BCUT2D eigenvalue weighted by molar-refractivity contribution is 0.574. The van der Waals surface area contributed by atoms with Gasteiger partial charge in [0.25, 0.3) is 0 Å². The van der Waals surface area contributed by atoms with Crippen molar-refractivity contribution in [1.29, 1.82) is 0 Å². The van der Waals surface area contributed by atoms with Crippen LogP contribution < -0.4 is 0 Å². The van der Waals surface area contributed by atoms with Crippen LogP contribution in [0.4, 0.5) is 8.78 Å². The third-order valence-corrected chi connectivity index (χ3v) is 3.74. The van der Waals surface area contributed by atoms with Crippen LogP contribution in [0.3, 0.4) is 0 Å². The van der Waals surface area contributed by atoms with E-state index in [0.29, 0.717) is 5.82 Å². The molecule has 0 aliphatic heterocycles. The van der Waals surface area contributed by atoms with Crippen LogP contribution in [0.25, 0.3) is 17.1 Å². The van der Waals surface area contributed by atoms with Crippen LogP contribution in [-0.2, 0) is 0 Å². The Morgan fingerprint density at radius 2 is 1.71 bits per heavy atom. The third-order valence-electron chi connectivity index (χ3n) is 2.89. The fraction of sp³-hybridized carbons (Fsp3) is 0. The average molecular weight is 371 g/mol. The standard InChI is InChI=1S/C14H7BrClF2N3/c15-9-6-12(11(18)7-10(9)17)21-13(19-20-14(21)16)8-4-2-1-3-5-8/h1-7H. The Balaban J connectivity index is 2.25. The van der Waals surface area contributed by atoms with Gasteiger partial charge in [0.15, 0.2) is 5.82 Å². The molecule has 1 heterocycles. The zero-order valence-corrected chi connectivity index (χ0v) is 12.7. The Bertz CT molecular complexity index is 805. The average Bonchev–Trinajstić information content (AvgIpc) is 2.85. The second kappa shape index (κ2) is 5.54. The summed E-state index contributed by atoms with van der Waals surface area (Å²) in [6.45, 7) is 0. The van der Waals surface area contributed by atoms with Crippen molar-refractivity contribution in [2.75, 3.05) is 0 Å². The fourth-order valence-corrected chi connectivity index (χ4v) is 2.48. The lowest BCUT2D eigenvalue weighted by atomic mass is 10.2. The number of aromatic nitrogens is 3. The van der Waals surface area contributed by atoms with E-state index in [1.54, 1.807) is 12.1 Å². The Labute approximate surface area is 132 Å². The summed E-state index contributed by atoms with van der Waals surface area (Å²) in [5, 5.41) is 7.72. The van der Waals surface area contributed by atoms with Gasteiger partial charge in [0.05, 0.1) is 10.2 Å². The van der Waals surface area contributed by atoms with Crippen molar-refractivity contribution in [1.82, 2.24) is 14.8 Å². The zero-order valence-electron chi connectivity index (χ0n) is 10.4. The summed E-state index contributed by atoms with van der Waals surface area (Å²) in [5.41, 5.74) is 0.786. The Morgan fingerprint density at radius 3 is 2.43 bits per heavy atom. The molecule has 0 aliphatic carbocycles. The van der Waals surface area contributed by atoms with Crippen molar-refractivity contribution in [2.24, 2.45) is 0 Å². The maximum absolute atomic E-state index is 14.1. The molecule has 0 aliphatic rings. The number of hydrogen-bond acceptors (Lipinski definition) is 2. The quantitative estimate of drug-likeness (QED) is 0.616. The Morgan fingerprint density at radius 1 is 1.00 bits per heavy atom. The van der Waals surface area contributed by atoms with Crippen LogP contribution >= 0.6 is 27.5 Å². The summed E-state index contributed by atoms with van der Waals surface area (Å²) in [4.78, 5) is 0. The molecule has 1 aromatic heterocycles. The first-order valence-electron chi connectivity index (χ1n) is 5.89. The van der Waals surface area contributed by atoms with Crippen LogP contribution in [0.2, 0.25) is 5.28 Å². The summed E-state index contributed by atoms with van der Waals surface area (Å²) in [6, 6.07) is 11.2. The van der Waals surface area contributed by atoms with Gasteiger partial charge in [0.1, 0.15) is 11.6 Å². The minimum Gasteiger partial charge on any atom is -0.263 e. The van der Waals surface area contributed by atoms with Gasteiger partial charge in [-0.25, -0.2) is 8.78 Å². The van der Waals surface area contributed by atoms with Gasteiger partial charge in [-0.05, 0) is 33.6 Å². The van der Waals surface area contributed by atoms with Gasteiger partial charge in [-0.2, -0.15) is 0 Å². The molecule has 3 rings (SSSR count). The summed E-state index contributed by atoms with van der Waals surface area (Å²) >= 11 is 9.04. The minimum absolute atomic E-state index is 0.00809. The summed E-state index contributed by atoms with van der Waals surface area (Å²) < 4.78 is 28.9.